The molecule has 0 bridgehead atoms. The van der Waals surface area contributed by atoms with E-state index >= 15 is 0 Å². The predicted molar refractivity (Wildman–Crippen MR) is 111 cm³/mol. The second-order valence-corrected chi connectivity index (χ2v) is 7.20. The lowest BCUT2D eigenvalue weighted by atomic mass is 10.1. The van der Waals surface area contributed by atoms with Gasteiger partial charge in [0.05, 0.1) is 0 Å². The number of aromatic amines is 1. The Hall–Kier alpha value is -3.41. The molecule has 2 N–H and O–H groups in total. The molecule has 1 saturated heterocycles. The highest BCUT2D eigenvalue weighted by atomic mass is 16.2. The molecule has 140 valence electrons. The Morgan fingerprint density at radius 2 is 1.86 bits per heavy atom. The lowest BCUT2D eigenvalue weighted by Gasteiger charge is -2.27. The summed E-state index contributed by atoms with van der Waals surface area (Å²) in [7, 11) is 0. The first-order valence-electron chi connectivity index (χ1n) is 9.67. The molecule has 5 rings (SSSR count). The first-order valence-corrected chi connectivity index (χ1v) is 9.67. The van der Waals surface area contributed by atoms with Gasteiger partial charge in [0.15, 0.2) is 0 Å². The van der Waals surface area contributed by atoms with Crippen molar-refractivity contribution < 1.29 is 4.79 Å². The maximum absolute atomic E-state index is 12.4. The van der Waals surface area contributed by atoms with E-state index in [2.05, 4.69) is 43.4 Å². The van der Waals surface area contributed by atoms with Gasteiger partial charge in [0.2, 0.25) is 5.96 Å². The number of amides is 1. The molecular formula is C22H21N5O. The van der Waals surface area contributed by atoms with Crippen molar-refractivity contribution in [1.82, 2.24) is 20.2 Å². The highest BCUT2D eigenvalue weighted by molar-refractivity contribution is 6.14. The molecule has 2 aromatic heterocycles. The number of guanidine groups is 1. The average molecular weight is 371 g/mol. The van der Waals surface area contributed by atoms with Gasteiger partial charge in [0.1, 0.15) is 11.3 Å². The number of carbonyl (C=O) groups is 1. The SMILES string of the molecule is O=C1NC(N2CCCCC2)=NC1=Cc1c[nH]c2ncc(-c3ccccc3)cc12. The lowest BCUT2D eigenvalue weighted by Crippen LogP contribution is -2.43. The van der Waals surface area contributed by atoms with Gasteiger partial charge in [-0.05, 0) is 37.0 Å². The second kappa shape index (κ2) is 6.96. The van der Waals surface area contributed by atoms with Gasteiger partial charge in [0, 0.05) is 42.0 Å². The molecular weight excluding hydrogens is 350 g/mol. The summed E-state index contributed by atoms with van der Waals surface area (Å²) in [5.74, 6) is 0.529. The maximum atomic E-state index is 12.4. The third-order valence-corrected chi connectivity index (χ3v) is 5.30. The molecule has 1 aromatic carbocycles. The number of fused-ring (bicyclic) bond motifs is 1. The molecule has 2 aliphatic rings. The van der Waals surface area contributed by atoms with Crippen LogP contribution in [0.3, 0.4) is 0 Å². The molecule has 4 heterocycles. The molecule has 0 radical (unpaired) electrons. The van der Waals surface area contributed by atoms with E-state index in [1.54, 1.807) is 0 Å². The van der Waals surface area contributed by atoms with Crippen LogP contribution in [0.2, 0.25) is 0 Å². The van der Waals surface area contributed by atoms with Crippen molar-refractivity contribution >= 4 is 29.0 Å². The third-order valence-electron chi connectivity index (χ3n) is 5.30. The number of carbonyl (C=O) groups excluding carboxylic acids is 1. The lowest BCUT2D eigenvalue weighted by molar-refractivity contribution is -0.115. The van der Waals surface area contributed by atoms with Crippen molar-refractivity contribution in [3.05, 3.63) is 60.1 Å². The molecule has 2 aliphatic heterocycles. The van der Waals surface area contributed by atoms with Crippen molar-refractivity contribution in [1.29, 1.82) is 0 Å². The topological polar surface area (TPSA) is 73.4 Å². The number of H-pyrrole nitrogens is 1. The summed E-state index contributed by atoms with van der Waals surface area (Å²) < 4.78 is 0. The van der Waals surface area contributed by atoms with Gasteiger partial charge in [-0.15, -0.1) is 0 Å². The number of nitrogens with zero attached hydrogens (tertiary/aromatic N) is 3. The van der Waals surface area contributed by atoms with Crippen LogP contribution in [-0.2, 0) is 4.79 Å². The summed E-state index contributed by atoms with van der Waals surface area (Å²) in [5, 5.41) is 3.89. The summed E-state index contributed by atoms with van der Waals surface area (Å²) in [6, 6.07) is 12.2. The Balaban J connectivity index is 1.50. The van der Waals surface area contributed by atoms with Gasteiger partial charge >= 0.3 is 0 Å². The van der Waals surface area contributed by atoms with E-state index in [1.807, 2.05) is 36.7 Å². The number of aromatic nitrogens is 2. The highest BCUT2D eigenvalue weighted by Crippen LogP contribution is 2.26. The molecule has 6 nitrogen and oxygen atoms in total. The largest absolute Gasteiger partial charge is 0.346 e. The minimum absolute atomic E-state index is 0.151. The fraction of sp³-hybridized carbons (Fsp3) is 0.227. The predicted octanol–water partition coefficient (Wildman–Crippen LogP) is 3.54. The van der Waals surface area contributed by atoms with Crippen molar-refractivity contribution in [2.75, 3.05) is 13.1 Å². The molecule has 0 saturated carbocycles. The van der Waals surface area contributed by atoms with Gasteiger partial charge in [-0.2, -0.15) is 0 Å². The van der Waals surface area contributed by atoms with Gasteiger partial charge in [-0.25, -0.2) is 9.98 Å². The van der Waals surface area contributed by atoms with E-state index in [1.165, 1.54) is 6.42 Å². The third kappa shape index (κ3) is 3.07. The monoisotopic (exact) mass is 371 g/mol. The number of rotatable bonds is 2. The van der Waals surface area contributed by atoms with Crippen LogP contribution in [0.4, 0.5) is 0 Å². The van der Waals surface area contributed by atoms with E-state index < -0.39 is 0 Å². The first-order chi connectivity index (χ1) is 13.8. The summed E-state index contributed by atoms with van der Waals surface area (Å²) >= 11 is 0. The van der Waals surface area contributed by atoms with Gasteiger partial charge in [0.25, 0.3) is 5.91 Å². The maximum Gasteiger partial charge on any atom is 0.276 e. The molecule has 28 heavy (non-hydrogen) atoms. The molecule has 0 unspecified atom stereocenters. The van der Waals surface area contributed by atoms with Crippen molar-refractivity contribution in [2.45, 2.75) is 19.3 Å². The zero-order valence-electron chi connectivity index (χ0n) is 15.5. The average Bonchev–Trinajstić information content (AvgIpc) is 3.33. The van der Waals surface area contributed by atoms with Crippen molar-refractivity contribution in [3.63, 3.8) is 0 Å². The van der Waals surface area contributed by atoms with Gasteiger partial charge in [-0.1, -0.05) is 30.3 Å². The number of hydrogen-bond acceptors (Lipinski definition) is 4. The zero-order chi connectivity index (χ0) is 18.9. The minimum atomic E-state index is -0.151. The summed E-state index contributed by atoms with van der Waals surface area (Å²) in [4.78, 5) is 26.9. The Bertz CT molecular complexity index is 1090. The number of aliphatic imine (C=N–C) groups is 1. The fourth-order valence-electron chi connectivity index (χ4n) is 3.79. The van der Waals surface area contributed by atoms with Crippen LogP contribution in [0.5, 0.6) is 0 Å². The van der Waals surface area contributed by atoms with E-state index in [0.29, 0.717) is 11.7 Å². The number of hydrogen-bond donors (Lipinski definition) is 2. The summed E-state index contributed by atoms with van der Waals surface area (Å²) in [6.07, 6.45) is 9.10. The molecule has 6 heteroatoms. The molecule has 3 aromatic rings. The number of nitrogens with one attached hydrogen (secondary N) is 2. The van der Waals surface area contributed by atoms with Crippen molar-refractivity contribution in [2.24, 2.45) is 4.99 Å². The van der Waals surface area contributed by atoms with Crippen LogP contribution in [-0.4, -0.2) is 39.8 Å². The molecule has 0 aliphatic carbocycles. The second-order valence-electron chi connectivity index (χ2n) is 7.20. The number of pyridine rings is 1. The zero-order valence-corrected chi connectivity index (χ0v) is 15.5. The van der Waals surface area contributed by atoms with Crippen molar-refractivity contribution in [3.8, 4) is 11.1 Å². The van der Waals surface area contributed by atoms with Crippen LogP contribution in [0, 0.1) is 0 Å². The Morgan fingerprint density at radius 1 is 1.04 bits per heavy atom. The molecule has 1 amide bonds. The Labute approximate surface area is 163 Å². The van der Waals surface area contributed by atoms with E-state index in [9.17, 15) is 4.79 Å². The number of benzene rings is 1. The van der Waals surface area contributed by atoms with Crippen LogP contribution in [0.15, 0.2) is 59.5 Å². The quantitative estimate of drug-likeness (QED) is 0.677. The molecule has 0 atom stereocenters. The van der Waals surface area contributed by atoms with Gasteiger partial charge in [-0.3, -0.25) is 10.1 Å². The van der Waals surface area contributed by atoms with Gasteiger partial charge < -0.3 is 9.88 Å². The number of likely N-dealkylation sites (tertiary alicyclic amines) is 1. The standard InChI is InChI=1S/C22H21N5O/c28-21-19(25-22(26-21)27-9-5-2-6-10-27)12-17-14-24-20-18(17)11-16(13-23-20)15-7-3-1-4-8-15/h1,3-4,7-8,11-14H,2,5-6,9-10H2,(H,23,24)(H,25,26,28). The van der Waals surface area contributed by atoms with E-state index in [4.69, 9.17) is 0 Å². The van der Waals surface area contributed by atoms with E-state index in [-0.39, 0.29) is 5.91 Å². The van der Waals surface area contributed by atoms with Crippen LogP contribution in [0.25, 0.3) is 28.2 Å². The normalized spacial score (nSPS) is 18.6. The Kier molecular flexibility index (Phi) is 4.16. The molecule has 1 fully saturated rings. The smallest absolute Gasteiger partial charge is 0.276 e. The minimum Gasteiger partial charge on any atom is -0.346 e. The Morgan fingerprint density at radius 3 is 2.68 bits per heavy atom. The summed E-state index contributed by atoms with van der Waals surface area (Å²) in [5.41, 5.74) is 4.30. The fourth-order valence-corrected chi connectivity index (χ4v) is 3.79. The van der Waals surface area contributed by atoms with E-state index in [0.717, 1.165) is 53.7 Å². The first kappa shape index (κ1) is 16.7. The van der Waals surface area contributed by atoms with Crippen LogP contribution >= 0.6 is 0 Å². The van der Waals surface area contributed by atoms with Crippen LogP contribution in [0.1, 0.15) is 24.8 Å². The summed E-state index contributed by atoms with van der Waals surface area (Å²) in [6.45, 7) is 1.90. The molecule has 0 spiro atoms. The van der Waals surface area contributed by atoms with Crippen LogP contribution < -0.4 is 5.32 Å². The number of piperidine rings is 1. The highest BCUT2D eigenvalue weighted by Gasteiger charge is 2.25.